The highest BCUT2D eigenvalue weighted by molar-refractivity contribution is 7.17. The first-order valence-electron chi connectivity index (χ1n) is 5.87. The number of thiazole rings is 1. The third-order valence-electron chi connectivity index (χ3n) is 3.72. The maximum absolute atomic E-state index is 10.6. The van der Waals surface area contributed by atoms with E-state index >= 15 is 0 Å². The molecule has 1 aromatic rings. The van der Waals surface area contributed by atoms with Gasteiger partial charge in [0.25, 0.3) is 0 Å². The first-order valence-corrected chi connectivity index (χ1v) is 6.69. The second-order valence-electron chi connectivity index (χ2n) is 4.99. The van der Waals surface area contributed by atoms with Crippen molar-refractivity contribution in [3.05, 3.63) is 11.1 Å². The third-order valence-corrected chi connectivity index (χ3v) is 4.76. The van der Waals surface area contributed by atoms with Crippen molar-refractivity contribution in [1.29, 1.82) is 0 Å². The number of likely N-dealkylation sites (N-methyl/N-ethyl adjacent to an activating group) is 2. The van der Waals surface area contributed by atoms with E-state index in [-0.39, 0.29) is 0 Å². The lowest BCUT2D eigenvalue weighted by molar-refractivity contribution is 0.0683. The molecule has 2 rings (SSSR count). The number of carbonyl (C=O) groups excluding carboxylic acids is 1. The molecule has 0 unspecified atom stereocenters. The largest absolute Gasteiger partial charge is 0.349 e. The summed E-state index contributed by atoms with van der Waals surface area (Å²) in [6.07, 6.45) is 6.31. The van der Waals surface area contributed by atoms with Crippen LogP contribution in [-0.2, 0) is 0 Å². The summed E-state index contributed by atoms with van der Waals surface area (Å²) in [4.78, 5) is 20.1. The molecule has 0 bridgehead atoms. The molecular formula is C12H19N3OS. The van der Waals surface area contributed by atoms with E-state index in [1.54, 1.807) is 6.20 Å². The SMILES string of the molecule is CN(CC1(N(C)C)CCC1)c1ncc(C=O)s1. The van der Waals surface area contributed by atoms with E-state index in [0.717, 1.165) is 18.0 Å². The van der Waals surface area contributed by atoms with Gasteiger partial charge in [-0.3, -0.25) is 4.79 Å². The standard InChI is InChI=1S/C12H19N3OS/c1-14(2)12(5-4-6-12)9-15(3)11-13-7-10(8-16)17-11/h7-8H,4-6,9H2,1-3H3. The fourth-order valence-electron chi connectivity index (χ4n) is 2.35. The summed E-state index contributed by atoms with van der Waals surface area (Å²) >= 11 is 1.46. The van der Waals surface area contributed by atoms with Crippen molar-refractivity contribution in [3.63, 3.8) is 0 Å². The fourth-order valence-corrected chi connectivity index (χ4v) is 3.04. The average Bonchev–Trinajstić information content (AvgIpc) is 2.71. The molecule has 0 N–H and O–H groups in total. The first kappa shape index (κ1) is 12.5. The minimum absolute atomic E-state index is 0.293. The van der Waals surface area contributed by atoms with Crippen LogP contribution in [0.3, 0.4) is 0 Å². The molecule has 0 radical (unpaired) electrons. The molecule has 1 aliphatic carbocycles. The van der Waals surface area contributed by atoms with Crippen LogP contribution in [0.25, 0.3) is 0 Å². The molecule has 4 nitrogen and oxygen atoms in total. The van der Waals surface area contributed by atoms with Crippen LogP contribution < -0.4 is 4.90 Å². The number of anilines is 1. The van der Waals surface area contributed by atoms with E-state index in [2.05, 4.69) is 35.9 Å². The summed E-state index contributed by atoms with van der Waals surface area (Å²) in [5.74, 6) is 0. The zero-order valence-corrected chi connectivity index (χ0v) is 11.5. The average molecular weight is 253 g/mol. The van der Waals surface area contributed by atoms with Gasteiger partial charge in [0.05, 0.1) is 11.1 Å². The second-order valence-corrected chi connectivity index (χ2v) is 6.03. The summed E-state index contributed by atoms with van der Waals surface area (Å²) < 4.78 is 0. The van der Waals surface area contributed by atoms with E-state index in [9.17, 15) is 4.79 Å². The molecule has 1 saturated carbocycles. The molecule has 1 heterocycles. The second kappa shape index (κ2) is 4.74. The monoisotopic (exact) mass is 253 g/mol. The van der Waals surface area contributed by atoms with E-state index in [1.165, 1.54) is 30.6 Å². The Morgan fingerprint density at radius 2 is 2.18 bits per heavy atom. The predicted octanol–water partition coefficient (Wildman–Crippen LogP) is 1.88. The Bertz CT molecular complexity index is 398. The molecule has 0 atom stereocenters. The van der Waals surface area contributed by atoms with Gasteiger partial charge in [0.15, 0.2) is 11.4 Å². The van der Waals surface area contributed by atoms with Crippen LogP contribution >= 0.6 is 11.3 Å². The smallest absolute Gasteiger partial charge is 0.185 e. The molecule has 0 saturated heterocycles. The van der Waals surface area contributed by atoms with Gasteiger partial charge in [-0.2, -0.15) is 0 Å². The number of hydrogen-bond donors (Lipinski definition) is 0. The van der Waals surface area contributed by atoms with Crippen molar-refractivity contribution < 1.29 is 4.79 Å². The van der Waals surface area contributed by atoms with Gasteiger partial charge >= 0.3 is 0 Å². The van der Waals surface area contributed by atoms with Crippen molar-refractivity contribution in [1.82, 2.24) is 9.88 Å². The third kappa shape index (κ3) is 2.35. The Hall–Kier alpha value is -0.940. The van der Waals surface area contributed by atoms with Crippen LogP contribution in [0.4, 0.5) is 5.13 Å². The van der Waals surface area contributed by atoms with E-state index < -0.39 is 0 Å². The highest BCUT2D eigenvalue weighted by Crippen LogP contribution is 2.37. The quantitative estimate of drug-likeness (QED) is 0.751. The van der Waals surface area contributed by atoms with E-state index in [0.29, 0.717) is 10.4 Å². The van der Waals surface area contributed by atoms with Crippen LogP contribution in [0, 0.1) is 0 Å². The Balaban J connectivity index is 2.05. The zero-order valence-electron chi connectivity index (χ0n) is 10.6. The van der Waals surface area contributed by atoms with Crippen molar-refractivity contribution in [2.24, 2.45) is 0 Å². The summed E-state index contributed by atoms with van der Waals surface area (Å²) in [7, 11) is 6.34. The lowest BCUT2D eigenvalue weighted by Gasteiger charge is -2.49. The van der Waals surface area contributed by atoms with Crippen LogP contribution in [0.2, 0.25) is 0 Å². The molecule has 17 heavy (non-hydrogen) atoms. The van der Waals surface area contributed by atoms with E-state index in [4.69, 9.17) is 0 Å². The topological polar surface area (TPSA) is 36.4 Å². The molecule has 0 aromatic carbocycles. The van der Waals surface area contributed by atoms with Crippen LogP contribution in [0.5, 0.6) is 0 Å². The molecule has 5 heteroatoms. The number of nitrogens with zero attached hydrogens (tertiary/aromatic N) is 3. The minimum atomic E-state index is 0.293. The zero-order chi connectivity index (χ0) is 12.5. The number of rotatable bonds is 5. The normalized spacial score (nSPS) is 17.9. The number of hydrogen-bond acceptors (Lipinski definition) is 5. The maximum atomic E-state index is 10.6. The van der Waals surface area contributed by atoms with Gasteiger partial charge in [-0.05, 0) is 33.4 Å². The van der Waals surface area contributed by atoms with Crippen LogP contribution in [0.1, 0.15) is 28.9 Å². The predicted molar refractivity (Wildman–Crippen MR) is 71.0 cm³/mol. The van der Waals surface area contributed by atoms with Crippen molar-refractivity contribution in [2.75, 3.05) is 32.6 Å². The van der Waals surface area contributed by atoms with Crippen LogP contribution in [0.15, 0.2) is 6.20 Å². The molecule has 1 aliphatic rings. The molecular weight excluding hydrogens is 234 g/mol. The fraction of sp³-hybridized carbons (Fsp3) is 0.667. The Labute approximate surface area is 106 Å². The highest BCUT2D eigenvalue weighted by Gasteiger charge is 2.40. The van der Waals surface area contributed by atoms with Crippen molar-refractivity contribution >= 4 is 22.8 Å². The molecule has 1 aromatic heterocycles. The lowest BCUT2D eigenvalue weighted by Crippen LogP contribution is -2.56. The minimum Gasteiger partial charge on any atom is -0.349 e. The van der Waals surface area contributed by atoms with Gasteiger partial charge in [-0.25, -0.2) is 4.98 Å². The summed E-state index contributed by atoms with van der Waals surface area (Å²) in [5, 5.41) is 0.931. The lowest BCUT2D eigenvalue weighted by atomic mass is 9.75. The molecule has 1 fully saturated rings. The van der Waals surface area contributed by atoms with Gasteiger partial charge in [0.1, 0.15) is 0 Å². The Morgan fingerprint density at radius 3 is 2.59 bits per heavy atom. The molecule has 0 amide bonds. The molecule has 0 aliphatic heterocycles. The Kier molecular flexibility index (Phi) is 3.49. The summed E-state index contributed by atoms with van der Waals surface area (Å²) in [6, 6.07) is 0. The van der Waals surface area contributed by atoms with Gasteiger partial charge in [0.2, 0.25) is 0 Å². The summed E-state index contributed by atoms with van der Waals surface area (Å²) in [6.45, 7) is 0.978. The van der Waals surface area contributed by atoms with Crippen molar-refractivity contribution in [3.8, 4) is 0 Å². The number of carbonyl (C=O) groups is 1. The maximum Gasteiger partial charge on any atom is 0.185 e. The molecule has 0 spiro atoms. The Morgan fingerprint density at radius 1 is 1.47 bits per heavy atom. The van der Waals surface area contributed by atoms with Crippen LogP contribution in [-0.4, -0.2) is 49.4 Å². The summed E-state index contributed by atoms with van der Waals surface area (Å²) in [5.41, 5.74) is 0.293. The highest BCUT2D eigenvalue weighted by atomic mass is 32.1. The number of aromatic nitrogens is 1. The van der Waals surface area contributed by atoms with E-state index in [1.807, 2.05) is 0 Å². The van der Waals surface area contributed by atoms with Gasteiger partial charge in [-0.15, -0.1) is 0 Å². The van der Waals surface area contributed by atoms with Crippen molar-refractivity contribution in [2.45, 2.75) is 24.8 Å². The first-order chi connectivity index (χ1) is 8.07. The van der Waals surface area contributed by atoms with Gasteiger partial charge in [-0.1, -0.05) is 11.3 Å². The molecule has 94 valence electrons. The van der Waals surface area contributed by atoms with Gasteiger partial charge < -0.3 is 9.80 Å². The van der Waals surface area contributed by atoms with Gasteiger partial charge in [0, 0.05) is 19.1 Å². The number of aldehydes is 1.